The first-order valence-electron chi connectivity index (χ1n) is 6.51. The minimum atomic E-state index is -0.463. The standard InChI is InChI=1S/C15H16ClN3O2/c1-2-21-15(20)12-7-10(17)8-13(16)14(12)19-9-11-5-3-4-6-18-11/h3-8,19H,2,9,17H2,1H3. The number of nitrogens with zero attached hydrogens (tertiary/aromatic N) is 1. The lowest BCUT2D eigenvalue weighted by atomic mass is 10.1. The van der Waals surface area contributed by atoms with Crippen LogP contribution in [0.15, 0.2) is 36.5 Å². The van der Waals surface area contributed by atoms with Gasteiger partial charge in [-0.15, -0.1) is 0 Å². The van der Waals surface area contributed by atoms with Crippen molar-refractivity contribution in [3.05, 3.63) is 52.8 Å². The van der Waals surface area contributed by atoms with Crippen molar-refractivity contribution in [3.8, 4) is 0 Å². The number of pyridine rings is 1. The molecule has 0 bridgehead atoms. The molecule has 110 valence electrons. The second kappa shape index (κ2) is 6.95. The van der Waals surface area contributed by atoms with E-state index in [1.165, 1.54) is 0 Å². The van der Waals surface area contributed by atoms with E-state index in [9.17, 15) is 4.79 Å². The Labute approximate surface area is 128 Å². The molecule has 0 saturated heterocycles. The molecule has 3 N–H and O–H groups in total. The smallest absolute Gasteiger partial charge is 0.340 e. The number of esters is 1. The molecule has 21 heavy (non-hydrogen) atoms. The van der Waals surface area contributed by atoms with Gasteiger partial charge in [0.15, 0.2) is 0 Å². The van der Waals surface area contributed by atoms with E-state index in [4.69, 9.17) is 22.1 Å². The van der Waals surface area contributed by atoms with Gasteiger partial charge in [0.25, 0.3) is 0 Å². The normalized spacial score (nSPS) is 10.2. The van der Waals surface area contributed by atoms with E-state index in [-0.39, 0.29) is 6.61 Å². The second-order valence-electron chi connectivity index (χ2n) is 4.32. The quantitative estimate of drug-likeness (QED) is 0.655. The van der Waals surface area contributed by atoms with Crippen LogP contribution in [0.5, 0.6) is 0 Å². The number of anilines is 2. The molecule has 2 rings (SSSR count). The summed E-state index contributed by atoms with van der Waals surface area (Å²) >= 11 is 6.17. The fraction of sp³-hybridized carbons (Fsp3) is 0.200. The zero-order chi connectivity index (χ0) is 15.2. The van der Waals surface area contributed by atoms with E-state index in [2.05, 4.69) is 10.3 Å². The topological polar surface area (TPSA) is 77.2 Å². The number of hydrogen-bond acceptors (Lipinski definition) is 5. The van der Waals surface area contributed by atoms with Crippen molar-refractivity contribution < 1.29 is 9.53 Å². The Hall–Kier alpha value is -2.27. The first-order chi connectivity index (χ1) is 10.1. The average Bonchev–Trinajstić information content (AvgIpc) is 2.47. The number of aromatic nitrogens is 1. The molecule has 0 aliphatic heterocycles. The number of nitrogens with two attached hydrogens (primary N) is 1. The first kappa shape index (κ1) is 15.1. The predicted molar refractivity (Wildman–Crippen MR) is 83.4 cm³/mol. The summed E-state index contributed by atoms with van der Waals surface area (Å²) in [5, 5.41) is 3.48. The minimum absolute atomic E-state index is 0.283. The summed E-state index contributed by atoms with van der Waals surface area (Å²) in [7, 11) is 0. The minimum Gasteiger partial charge on any atom is -0.462 e. The van der Waals surface area contributed by atoms with Crippen LogP contribution < -0.4 is 11.1 Å². The van der Waals surface area contributed by atoms with Gasteiger partial charge in [0.2, 0.25) is 0 Å². The molecular weight excluding hydrogens is 290 g/mol. The van der Waals surface area contributed by atoms with Crippen molar-refractivity contribution in [2.75, 3.05) is 17.7 Å². The lowest BCUT2D eigenvalue weighted by Crippen LogP contribution is -2.11. The Balaban J connectivity index is 2.26. The fourth-order valence-corrected chi connectivity index (χ4v) is 2.15. The van der Waals surface area contributed by atoms with Crippen LogP contribution in [0.3, 0.4) is 0 Å². The zero-order valence-electron chi connectivity index (χ0n) is 11.6. The molecule has 0 saturated carbocycles. The van der Waals surface area contributed by atoms with Crippen LogP contribution in [0.4, 0.5) is 11.4 Å². The van der Waals surface area contributed by atoms with E-state index in [0.29, 0.717) is 28.5 Å². The van der Waals surface area contributed by atoms with E-state index >= 15 is 0 Å². The maximum absolute atomic E-state index is 12.0. The average molecular weight is 306 g/mol. The van der Waals surface area contributed by atoms with Gasteiger partial charge in [-0.25, -0.2) is 4.79 Å². The number of rotatable bonds is 5. The largest absolute Gasteiger partial charge is 0.462 e. The Morgan fingerprint density at radius 3 is 2.90 bits per heavy atom. The summed E-state index contributed by atoms with van der Waals surface area (Å²) in [5.41, 5.74) is 7.79. The Morgan fingerprint density at radius 2 is 2.24 bits per heavy atom. The van der Waals surface area contributed by atoms with Crippen LogP contribution in [0, 0.1) is 0 Å². The molecule has 0 radical (unpaired) electrons. The molecule has 2 aromatic rings. The van der Waals surface area contributed by atoms with Gasteiger partial charge in [0, 0.05) is 11.9 Å². The highest BCUT2D eigenvalue weighted by Gasteiger charge is 2.16. The molecule has 1 heterocycles. The van der Waals surface area contributed by atoms with Gasteiger partial charge in [0.05, 0.1) is 35.1 Å². The third-order valence-electron chi connectivity index (χ3n) is 2.78. The number of carbonyl (C=O) groups is 1. The first-order valence-corrected chi connectivity index (χ1v) is 6.89. The van der Waals surface area contributed by atoms with Crippen LogP contribution in [0.2, 0.25) is 5.02 Å². The van der Waals surface area contributed by atoms with Gasteiger partial charge >= 0.3 is 5.97 Å². The summed E-state index contributed by atoms with van der Waals surface area (Å²) in [5.74, 6) is -0.463. The monoisotopic (exact) mass is 305 g/mol. The molecule has 5 nitrogen and oxygen atoms in total. The van der Waals surface area contributed by atoms with Crippen LogP contribution >= 0.6 is 11.6 Å². The van der Waals surface area contributed by atoms with Crippen molar-refractivity contribution in [2.45, 2.75) is 13.5 Å². The molecule has 0 amide bonds. The Bertz CT molecular complexity index is 632. The maximum Gasteiger partial charge on any atom is 0.340 e. The van der Waals surface area contributed by atoms with Gasteiger partial charge in [-0.05, 0) is 31.2 Å². The number of benzene rings is 1. The van der Waals surface area contributed by atoms with Crippen molar-refractivity contribution in [1.29, 1.82) is 0 Å². The number of carbonyl (C=O) groups excluding carboxylic acids is 1. The molecule has 0 unspecified atom stereocenters. The molecule has 1 aromatic heterocycles. The third kappa shape index (κ3) is 3.86. The van der Waals surface area contributed by atoms with Crippen LogP contribution in [-0.2, 0) is 11.3 Å². The van der Waals surface area contributed by atoms with E-state index < -0.39 is 5.97 Å². The fourth-order valence-electron chi connectivity index (χ4n) is 1.86. The van der Waals surface area contributed by atoms with Gasteiger partial charge in [-0.1, -0.05) is 17.7 Å². The molecule has 6 heteroatoms. The Morgan fingerprint density at radius 1 is 1.43 bits per heavy atom. The molecule has 0 atom stereocenters. The lowest BCUT2D eigenvalue weighted by Gasteiger charge is -2.14. The molecule has 0 aliphatic rings. The zero-order valence-corrected chi connectivity index (χ0v) is 12.4. The Kier molecular flexibility index (Phi) is 5.00. The lowest BCUT2D eigenvalue weighted by molar-refractivity contribution is 0.0527. The highest BCUT2D eigenvalue weighted by atomic mass is 35.5. The number of ether oxygens (including phenoxy) is 1. The van der Waals surface area contributed by atoms with Crippen LogP contribution in [0.1, 0.15) is 23.0 Å². The van der Waals surface area contributed by atoms with Crippen molar-refractivity contribution >= 4 is 28.9 Å². The highest BCUT2D eigenvalue weighted by molar-refractivity contribution is 6.34. The summed E-state index contributed by atoms with van der Waals surface area (Å²) in [6.07, 6.45) is 1.70. The number of hydrogen-bond donors (Lipinski definition) is 2. The molecule has 1 aromatic carbocycles. The molecule has 0 spiro atoms. The van der Waals surface area contributed by atoms with E-state index in [1.807, 2.05) is 18.2 Å². The number of halogens is 1. The summed E-state index contributed by atoms with van der Waals surface area (Å²) in [4.78, 5) is 16.2. The van der Waals surface area contributed by atoms with Gasteiger partial charge in [-0.3, -0.25) is 4.98 Å². The van der Waals surface area contributed by atoms with E-state index in [0.717, 1.165) is 5.69 Å². The summed E-state index contributed by atoms with van der Waals surface area (Å²) < 4.78 is 5.02. The van der Waals surface area contributed by atoms with E-state index in [1.54, 1.807) is 25.3 Å². The van der Waals surface area contributed by atoms with Gasteiger partial charge < -0.3 is 15.8 Å². The van der Waals surface area contributed by atoms with Crippen molar-refractivity contribution in [3.63, 3.8) is 0 Å². The van der Waals surface area contributed by atoms with Crippen molar-refractivity contribution in [2.24, 2.45) is 0 Å². The SMILES string of the molecule is CCOC(=O)c1cc(N)cc(Cl)c1NCc1ccccn1. The molecule has 0 aliphatic carbocycles. The number of nitrogens with one attached hydrogen (secondary N) is 1. The van der Waals surface area contributed by atoms with Gasteiger partial charge in [0.1, 0.15) is 0 Å². The summed E-state index contributed by atoms with van der Waals surface area (Å²) in [6.45, 7) is 2.47. The van der Waals surface area contributed by atoms with Crippen LogP contribution in [0.25, 0.3) is 0 Å². The highest BCUT2D eigenvalue weighted by Crippen LogP contribution is 2.30. The summed E-state index contributed by atoms with van der Waals surface area (Å²) in [6, 6.07) is 8.74. The molecular formula is C15H16ClN3O2. The van der Waals surface area contributed by atoms with Gasteiger partial charge in [-0.2, -0.15) is 0 Å². The van der Waals surface area contributed by atoms with Crippen LogP contribution in [-0.4, -0.2) is 17.6 Å². The predicted octanol–water partition coefficient (Wildman–Crippen LogP) is 3.11. The second-order valence-corrected chi connectivity index (χ2v) is 4.73. The third-order valence-corrected chi connectivity index (χ3v) is 3.08. The maximum atomic E-state index is 12.0. The van der Waals surface area contributed by atoms with Crippen molar-refractivity contribution in [1.82, 2.24) is 4.98 Å². The number of nitrogen functional groups attached to an aromatic ring is 1. The molecule has 0 fully saturated rings.